The molecule has 0 saturated heterocycles. The van der Waals surface area contributed by atoms with Gasteiger partial charge in [-0.1, -0.05) is 49.4 Å². The summed E-state index contributed by atoms with van der Waals surface area (Å²) in [4.78, 5) is 0. The Morgan fingerprint density at radius 2 is 1.96 bits per heavy atom. The fourth-order valence-corrected chi connectivity index (χ4v) is 4.06. The van der Waals surface area contributed by atoms with Gasteiger partial charge in [0.1, 0.15) is 5.75 Å². The van der Waals surface area contributed by atoms with Gasteiger partial charge in [-0.2, -0.15) is 16.9 Å². The van der Waals surface area contributed by atoms with Crippen LogP contribution in [0.4, 0.5) is 0 Å². The third kappa shape index (κ3) is 3.15. The number of hydrogen-bond acceptors (Lipinski definition) is 4. The molecule has 0 fully saturated rings. The van der Waals surface area contributed by atoms with E-state index in [2.05, 4.69) is 66.7 Å². The van der Waals surface area contributed by atoms with Gasteiger partial charge in [-0.05, 0) is 35.6 Å². The number of thioether (sulfide) groups is 1. The fourth-order valence-electron chi connectivity index (χ4n) is 3.63. The second-order valence-electron chi connectivity index (χ2n) is 6.59. The number of fused-ring (bicyclic) bond motifs is 3. The number of nitrogens with zero attached hydrogens (tertiary/aromatic N) is 2. The summed E-state index contributed by atoms with van der Waals surface area (Å²) in [6.07, 6.45) is 5.17. The predicted octanol–water partition coefficient (Wildman–Crippen LogP) is 4.87. The number of para-hydroxylation sites is 1. The van der Waals surface area contributed by atoms with Crippen molar-refractivity contribution in [1.82, 2.24) is 5.01 Å². The van der Waals surface area contributed by atoms with E-state index in [9.17, 15) is 0 Å². The molecular formula is C21H24N2OS. The molecule has 130 valence electrons. The van der Waals surface area contributed by atoms with Crippen molar-refractivity contribution in [2.45, 2.75) is 38.5 Å². The Labute approximate surface area is 154 Å². The summed E-state index contributed by atoms with van der Waals surface area (Å²) in [5.74, 6) is 2.10. The molecule has 4 heteroatoms. The molecule has 2 aromatic carbocycles. The van der Waals surface area contributed by atoms with Crippen LogP contribution in [0.15, 0.2) is 53.6 Å². The van der Waals surface area contributed by atoms with E-state index in [1.54, 1.807) is 0 Å². The number of hydrogen-bond donors (Lipinski definition) is 0. The molecule has 2 unspecified atom stereocenters. The number of hydrazone groups is 1. The molecule has 0 aromatic heterocycles. The van der Waals surface area contributed by atoms with Crippen LogP contribution in [0, 0.1) is 0 Å². The molecule has 2 aliphatic rings. The topological polar surface area (TPSA) is 24.8 Å². The minimum atomic E-state index is 0.0276. The third-order valence-electron chi connectivity index (χ3n) is 5.04. The van der Waals surface area contributed by atoms with Gasteiger partial charge in [0.2, 0.25) is 0 Å². The van der Waals surface area contributed by atoms with Crippen molar-refractivity contribution in [3.8, 4) is 5.75 Å². The third-order valence-corrected chi connectivity index (χ3v) is 5.69. The Morgan fingerprint density at radius 3 is 2.72 bits per heavy atom. The lowest BCUT2D eigenvalue weighted by Crippen LogP contribution is -2.40. The molecule has 4 rings (SSSR count). The molecule has 3 nitrogen and oxygen atoms in total. The lowest BCUT2D eigenvalue weighted by molar-refractivity contribution is -0.0180. The van der Waals surface area contributed by atoms with Crippen LogP contribution in [0.3, 0.4) is 0 Å². The van der Waals surface area contributed by atoms with Crippen molar-refractivity contribution < 1.29 is 4.74 Å². The predicted molar refractivity (Wildman–Crippen MR) is 105 cm³/mol. The second-order valence-corrected chi connectivity index (χ2v) is 7.57. The standard InChI is InChI=1S/C21H24N2OS/c1-3-15-8-10-16(11-9-15)18-14-19-17-6-4-5-7-20(17)24-21(12-13-25-2)23(19)22-18/h4-11,19,21H,3,12-14H2,1-2H3. The van der Waals surface area contributed by atoms with E-state index >= 15 is 0 Å². The maximum Gasteiger partial charge on any atom is 0.188 e. The normalized spacial score (nSPS) is 21.4. The number of rotatable bonds is 5. The SMILES string of the molecule is CCc1ccc(C2=NN3C(CCSC)Oc4ccccc4C3C2)cc1. The Balaban J connectivity index is 1.65. The fraction of sp³-hybridized carbons (Fsp3) is 0.381. The van der Waals surface area contributed by atoms with Crippen molar-refractivity contribution in [1.29, 1.82) is 0 Å². The Bertz CT molecular complexity index is 772. The highest BCUT2D eigenvalue weighted by Crippen LogP contribution is 2.43. The summed E-state index contributed by atoms with van der Waals surface area (Å²) in [6, 6.07) is 17.5. The van der Waals surface area contributed by atoms with E-state index < -0.39 is 0 Å². The molecule has 2 aliphatic heterocycles. The molecule has 0 amide bonds. The monoisotopic (exact) mass is 352 g/mol. The molecule has 2 heterocycles. The summed E-state index contributed by atoms with van der Waals surface area (Å²) < 4.78 is 6.27. The summed E-state index contributed by atoms with van der Waals surface area (Å²) in [6.45, 7) is 2.19. The lowest BCUT2D eigenvalue weighted by atomic mass is 9.96. The number of benzene rings is 2. The van der Waals surface area contributed by atoms with Gasteiger partial charge in [-0.25, -0.2) is 0 Å². The zero-order valence-electron chi connectivity index (χ0n) is 14.8. The highest BCUT2D eigenvalue weighted by Gasteiger charge is 2.39. The average Bonchev–Trinajstić information content (AvgIpc) is 3.12. The molecule has 2 atom stereocenters. The van der Waals surface area contributed by atoms with E-state index in [0.29, 0.717) is 0 Å². The van der Waals surface area contributed by atoms with Crippen molar-refractivity contribution >= 4 is 17.5 Å². The summed E-state index contributed by atoms with van der Waals surface area (Å²) in [5.41, 5.74) is 5.02. The number of ether oxygens (including phenoxy) is 1. The first-order chi connectivity index (χ1) is 12.3. The quantitative estimate of drug-likeness (QED) is 0.767. The minimum Gasteiger partial charge on any atom is -0.469 e. The maximum absolute atomic E-state index is 6.27. The van der Waals surface area contributed by atoms with Gasteiger partial charge < -0.3 is 4.74 Å². The van der Waals surface area contributed by atoms with Crippen LogP contribution in [-0.2, 0) is 6.42 Å². The molecule has 25 heavy (non-hydrogen) atoms. The van der Waals surface area contributed by atoms with Gasteiger partial charge in [-0.3, -0.25) is 5.01 Å². The van der Waals surface area contributed by atoms with Gasteiger partial charge in [0.15, 0.2) is 6.23 Å². The van der Waals surface area contributed by atoms with Crippen LogP contribution in [0.1, 0.15) is 42.5 Å². The van der Waals surface area contributed by atoms with Crippen LogP contribution in [0.5, 0.6) is 5.75 Å². The van der Waals surface area contributed by atoms with Crippen molar-refractivity contribution in [3.05, 3.63) is 65.2 Å². The minimum absolute atomic E-state index is 0.0276. The molecule has 0 bridgehead atoms. The van der Waals surface area contributed by atoms with Gasteiger partial charge in [0.05, 0.1) is 11.8 Å². The van der Waals surface area contributed by atoms with Crippen LogP contribution in [0.2, 0.25) is 0 Å². The van der Waals surface area contributed by atoms with E-state index in [4.69, 9.17) is 9.84 Å². The van der Waals surface area contributed by atoms with Gasteiger partial charge in [0.25, 0.3) is 0 Å². The highest BCUT2D eigenvalue weighted by molar-refractivity contribution is 7.98. The molecule has 0 spiro atoms. The van der Waals surface area contributed by atoms with Gasteiger partial charge >= 0.3 is 0 Å². The molecule has 0 aliphatic carbocycles. The smallest absolute Gasteiger partial charge is 0.188 e. The first-order valence-corrected chi connectivity index (χ1v) is 10.4. The van der Waals surface area contributed by atoms with Crippen LogP contribution < -0.4 is 4.74 Å². The van der Waals surface area contributed by atoms with E-state index in [1.165, 1.54) is 22.4 Å². The van der Waals surface area contributed by atoms with E-state index in [-0.39, 0.29) is 12.3 Å². The van der Waals surface area contributed by atoms with Crippen LogP contribution in [-0.4, -0.2) is 29.0 Å². The molecule has 0 saturated carbocycles. The Kier molecular flexibility index (Phi) is 4.71. The first kappa shape index (κ1) is 16.5. The largest absolute Gasteiger partial charge is 0.469 e. The van der Waals surface area contributed by atoms with Gasteiger partial charge in [-0.15, -0.1) is 0 Å². The first-order valence-electron chi connectivity index (χ1n) is 8.99. The van der Waals surface area contributed by atoms with Crippen LogP contribution in [0.25, 0.3) is 0 Å². The zero-order valence-corrected chi connectivity index (χ0v) is 15.6. The Hall–Kier alpha value is -1.94. The van der Waals surface area contributed by atoms with Crippen molar-refractivity contribution in [3.63, 3.8) is 0 Å². The lowest BCUT2D eigenvalue weighted by Gasteiger charge is -2.38. The summed E-state index contributed by atoms with van der Waals surface area (Å²) in [7, 11) is 0. The number of aryl methyl sites for hydroxylation is 1. The summed E-state index contributed by atoms with van der Waals surface area (Å²) >= 11 is 1.86. The van der Waals surface area contributed by atoms with Gasteiger partial charge in [0, 0.05) is 18.4 Å². The van der Waals surface area contributed by atoms with Crippen molar-refractivity contribution in [2.24, 2.45) is 5.10 Å². The van der Waals surface area contributed by atoms with E-state index in [0.717, 1.165) is 30.8 Å². The van der Waals surface area contributed by atoms with Crippen molar-refractivity contribution in [2.75, 3.05) is 12.0 Å². The molecular weight excluding hydrogens is 328 g/mol. The highest BCUT2D eigenvalue weighted by atomic mass is 32.2. The van der Waals surface area contributed by atoms with E-state index in [1.807, 2.05) is 11.8 Å². The zero-order chi connectivity index (χ0) is 17.2. The maximum atomic E-state index is 6.27. The molecule has 2 aromatic rings. The molecule has 0 radical (unpaired) electrons. The molecule has 0 N–H and O–H groups in total. The second kappa shape index (κ2) is 7.12. The Morgan fingerprint density at radius 1 is 1.16 bits per heavy atom. The summed E-state index contributed by atoms with van der Waals surface area (Å²) in [5, 5.41) is 7.18. The van der Waals surface area contributed by atoms with Crippen LogP contribution >= 0.6 is 11.8 Å². The average molecular weight is 353 g/mol.